The predicted molar refractivity (Wildman–Crippen MR) is 94.3 cm³/mol. The Kier molecular flexibility index (Phi) is 5.01. The highest BCUT2D eigenvalue weighted by molar-refractivity contribution is 5.95. The van der Waals surface area contributed by atoms with E-state index in [1.807, 2.05) is 6.92 Å². The zero-order valence-electron chi connectivity index (χ0n) is 14.3. The number of nitrogens with one attached hydrogen (secondary N) is 3. The molecule has 1 saturated carbocycles. The van der Waals surface area contributed by atoms with Crippen molar-refractivity contribution >= 4 is 11.8 Å². The molecule has 1 aliphatic rings. The third-order valence-electron chi connectivity index (χ3n) is 4.28. The third kappa shape index (κ3) is 4.08. The Bertz CT molecular complexity index is 885. The largest absolute Gasteiger partial charge is 0.439 e. The second-order valence-electron chi connectivity index (χ2n) is 6.39. The van der Waals surface area contributed by atoms with Gasteiger partial charge in [0.15, 0.2) is 5.82 Å². The lowest BCUT2D eigenvalue weighted by atomic mass is 10.1. The number of amides is 2. The molecule has 8 nitrogen and oxygen atoms in total. The number of nitrogens with zero attached hydrogens (tertiary/aromatic N) is 1. The lowest BCUT2D eigenvalue weighted by Gasteiger charge is -2.15. The fourth-order valence-corrected chi connectivity index (χ4v) is 2.68. The minimum Gasteiger partial charge on any atom is -0.354 e. The average molecular weight is 356 g/mol. The van der Waals surface area contributed by atoms with Crippen molar-refractivity contribution in [2.45, 2.75) is 19.4 Å². The van der Waals surface area contributed by atoms with E-state index in [-0.39, 0.29) is 35.5 Å². The maximum Gasteiger partial charge on any atom is 0.439 e. The minimum absolute atomic E-state index is 0.00650. The lowest BCUT2D eigenvalue weighted by Crippen LogP contribution is -2.42. The summed E-state index contributed by atoms with van der Waals surface area (Å²) < 4.78 is 4.47. The standard InChI is InChI=1S/C18H20N4O4/c1-3-11-8-14(11)17(24)19-9-10(2)20-16(23)13-6-4-5-12(7-13)15-21-18(25)26-22-15/h3-7,10-11,14H,1,8-9H2,2H3,(H,19,24)(H,20,23)(H,21,22,25)/t10-,11+,14-/m1/s1. The van der Waals surface area contributed by atoms with Crippen LogP contribution >= 0.6 is 0 Å². The first-order valence-corrected chi connectivity index (χ1v) is 8.35. The Morgan fingerprint density at radius 1 is 1.50 bits per heavy atom. The van der Waals surface area contributed by atoms with E-state index in [4.69, 9.17) is 0 Å². The van der Waals surface area contributed by atoms with Crippen LogP contribution in [0, 0.1) is 11.8 Å². The molecule has 136 valence electrons. The number of aromatic amines is 1. The first-order chi connectivity index (χ1) is 12.5. The number of rotatable bonds is 7. The second-order valence-corrected chi connectivity index (χ2v) is 6.39. The first kappa shape index (κ1) is 17.7. The lowest BCUT2D eigenvalue weighted by molar-refractivity contribution is -0.122. The van der Waals surface area contributed by atoms with Gasteiger partial charge in [0.05, 0.1) is 0 Å². The number of hydrogen-bond acceptors (Lipinski definition) is 5. The summed E-state index contributed by atoms with van der Waals surface area (Å²) in [5, 5.41) is 9.27. The predicted octanol–water partition coefficient (Wildman–Crippen LogP) is 1.09. The number of carbonyl (C=O) groups is 2. The summed E-state index contributed by atoms with van der Waals surface area (Å²) in [6.07, 6.45) is 2.64. The van der Waals surface area contributed by atoms with E-state index in [9.17, 15) is 14.4 Å². The summed E-state index contributed by atoms with van der Waals surface area (Å²) in [6, 6.07) is 6.42. The van der Waals surface area contributed by atoms with E-state index in [0.717, 1.165) is 6.42 Å². The zero-order chi connectivity index (χ0) is 18.7. The zero-order valence-corrected chi connectivity index (χ0v) is 14.3. The van der Waals surface area contributed by atoms with Crippen molar-refractivity contribution in [2.75, 3.05) is 6.54 Å². The Balaban J connectivity index is 1.55. The van der Waals surface area contributed by atoms with Crippen molar-refractivity contribution in [1.82, 2.24) is 20.8 Å². The Labute approximate surface area is 149 Å². The molecule has 0 bridgehead atoms. The molecule has 3 atom stereocenters. The number of aromatic nitrogens is 2. The topological polar surface area (TPSA) is 117 Å². The summed E-state index contributed by atoms with van der Waals surface area (Å²) in [4.78, 5) is 37.8. The molecule has 2 aromatic rings. The summed E-state index contributed by atoms with van der Waals surface area (Å²) in [5.41, 5.74) is 0.979. The summed E-state index contributed by atoms with van der Waals surface area (Å²) in [6.45, 7) is 5.85. The van der Waals surface area contributed by atoms with Gasteiger partial charge in [0.1, 0.15) is 0 Å². The van der Waals surface area contributed by atoms with Crippen molar-refractivity contribution < 1.29 is 14.1 Å². The van der Waals surface area contributed by atoms with Gasteiger partial charge in [-0.2, -0.15) is 0 Å². The normalized spacial score (nSPS) is 19.4. The van der Waals surface area contributed by atoms with E-state index in [2.05, 4.69) is 31.9 Å². The highest BCUT2D eigenvalue weighted by atomic mass is 16.5. The van der Waals surface area contributed by atoms with E-state index < -0.39 is 5.76 Å². The summed E-state index contributed by atoms with van der Waals surface area (Å²) >= 11 is 0. The molecule has 0 radical (unpaired) electrons. The van der Waals surface area contributed by atoms with Crippen molar-refractivity contribution in [3.63, 3.8) is 0 Å². The van der Waals surface area contributed by atoms with Gasteiger partial charge in [-0.3, -0.25) is 19.1 Å². The first-order valence-electron chi connectivity index (χ1n) is 8.35. The molecule has 0 saturated heterocycles. The molecule has 1 fully saturated rings. The van der Waals surface area contributed by atoms with Crippen molar-refractivity contribution in [1.29, 1.82) is 0 Å². The molecule has 0 unspecified atom stereocenters. The number of carbonyl (C=O) groups excluding carboxylic acids is 2. The number of benzene rings is 1. The Hall–Kier alpha value is -3.16. The van der Waals surface area contributed by atoms with Crippen molar-refractivity contribution in [3.8, 4) is 11.4 Å². The van der Waals surface area contributed by atoms with Gasteiger partial charge in [-0.15, -0.1) is 6.58 Å². The van der Waals surface area contributed by atoms with Gasteiger partial charge in [0, 0.05) is 29.6 Å². The van der Waals surface area contributed by atoms with Crippen LogP contribution in [0.4, 0.5) is 0 Å². The van der Waals surface area contributed by atoms with E-state index in [1.165, 1.54) is 0 Å². The van der Waals surface area contributed by atoms with Crippen LogP contribution in [0.5, 0.6) is 0 Å². The highest BCUT2D eigenvalue weighted by Crippen LogP contribution is 2.39. The highest BCUT2D eigenvalue weighted by Gasteiger charge is 2.40. The maximum atomic E-state index is 12.4. The molecule has 2 amide bonds. The number of allylic oxidation sites excluding steroid dienone is 1. The van der Waals surface area contributed by atoms with Gasteiger partial charge in [0.2, 0.25) is 5.91 Å². The monoisotopic (exact) mass is 356 g/mol. The van der Waals surface area contributed by atoms with E-state index in [1.54, 1.807) is 30.3 Å². The summed E-state index contributed by atoms with van der Waals surface area (Å²) in [7, 11) is 0. The smallest absolute Gasteiger partial charge is 0.354 e. The summed E-state index contributed by atoms with van der Waals surface area (Å²) in [5.74, 6) is -0.412. The molecule has 26 heavy (non-hydrogen) atoms. The number of hydrogen-bond donors (Lipinski definition) is 3. The Morgan fingerprint density at radius 3 is 2.96 bits per heavy atom. The average Bonchev–Trinajstić information content (AvgIpc) is 3.32. The molecular weight excluding hydrogens is 336 g/mol. The molecule has 0 spiro atoms. The second kappa shape index (κ2) is 7.38. The van der Waals surface area contributed by atoms with Crippen LogP contribution in [0.25, 0.3) is 11.4 Å². The molecule has 3 rings (SSSR count). The van der Waals surface area contributed by atoms with Crippen LogP contribution in [0.2, 0.25) is 0 Å². The van der Waals surface area contributed by atoms with E-state index in [0.29, 0.717) is 17.7 Å². The molecule has 1 aromatic carbocycles. The number of H-pyrrole nitrogens is 1. The maximum absolute atomic E-state index is 12.4. The van der Waals surface area contributed by atoms with Crippen LogP contribution in [0.1, 0.15) is 23.7 Å². The molecule has 8 heteroatoms. The molecule has 1 aliphatic carbocycles. The Morgan fingerprint density at radius 2 is 2.31 bits per heavy atom. The third-order valence-corrected chi connectivity index (χ3v) is 4.28. The van der Waals surface area contributed by atoms with Crippen molar-refractivity contribution in [3.05, 3.63) is 53.0 Å². The van der Waals surface area contributed by atoms with Gasteiger partial charge in [-0.05, 0) is 31.4 Å². The SMILES string of the molecule is C=C[C@H]1C[C@H]1C(=O)NC[C@@H](C)NC(=O)c1cccc(-c2noc(=O)[nH]2)c1. The quantitative estimate of drug-likeness (QED) is 0.642. The minimum atomic E-state index is -0.659. The molecular formula is C18H20N4O4. The van der Waals surface area contributed by atoms with Gasteiger partial charge in [-0.1, -0.05) is 23.4 Å². The molecule has 0 aliphatic heterocycles. The van der Waals surface area contributed by atoms with Gasteiger partial charge in [-0.25, -0.2) is 4.79 Å². The van der Waals surface area contributed by atoms with Gasteiger partial charge < -0.3 is 10.6 Å². The van der Waals surface area contributed by atoms with Crippen LogP contribution in [0.15, 0.2) is 46.2 Å². The van der Waals surface area contributed by atoms with Crippen LogP contribution < -0.4 is 16.4 Å². The fourth-order valence-electron chi connectivity index (χ4n) is 2.68. The fraction of sp³-hybridized carbons (Fsp3) is 0.333. The molecule has 1 heterocycles. The van der Waals surface area contributed by atoms with Gasteiger partial charge in [0.25, 0.3) is 5.91 Å². The van der Waals surface area contributed by atoms with E-state index >= 15 is 0 Å². The van der Waals surface area contributed by atoms with Crippen LogP contribution in [0.3, 0.4) is 0 Å². The van der Waals surface area contributed by atoms with Crippen molar-refractivity contribution in [2.24, 2.45) is 11.8 Å². The van der Waals surface area contributed by atoms with Crippen LogP contribution in [-0.4, -0.2) is 34.5 Å². The molecule has 3 N–H and O–H groups in total. The molecule has 1 aromatic heterocycles. The van der Waals surface area contributed by atoms with Crippen LogP contribution in [-0.2, 0) is 4.79 Å². The van der Waals surface area contributed by atoms with Gasteiger partial charge >= 0.3 is 5.76 Å².